The molecule has 0 saturated heterocycles. The first kappa shape index (κ1) is 30.3. The van der Waals surface area contributed by atoms with Gasteiger partial charge < -0.3 is 16.8 Å². The molecule has 0 radical (unpaired) electrons. The average molecular weight is 692 g/mol. The lowest BCUT2D eigenvalue weighted by Gasteiger charge is -2.39. The van der Waals surface area contributed by atoms with Crippen LogP contribution < -0.4 is 16.8 Å². The van der Waals surface area contributed by atoms with Gasteiger partial charge in [0.15, 0.2) is 0 Å². The molecule has 5 heteroatoms. The third kappa shape index (κ3) is 4.49. The Hall–Kier alpha value is -5.59. The Kier molecular flexibility index (Phi) is 6.97. The van der Waals surface area contributed by atoms with Gasteiger partial charge in [-0.25, -0.2) is 0 Å². The van der Waals surface area contributed by atoms with Gasteiger partial charge in [-0.3, -0.25) is 0 Å². The molecule has 8 aromatic rings. The van der Waals surface area contributed by atoms with Crippen LogP contribution in [0, 0.1) is 0 Å². The molecule has 1 spiro atoms. The van der Waals surface area contributed by atoms with Crippen molar-refractivity contribution in [3.05, 3.63) is 203 Å². The van der Waals surface area contributed by atoms with Gasteiger partial charge in [0.05, 0.1) is 16.8 Å². The van der Waals surface area contributed by atoms with Gasteiger partial charge in [0, 0.05) is 41.1 Å². The van der Waals surface area contributed by atoms with E-state index in [0.717, 1.165) is 22.4 Å². The fourth-order valence-corrected chi connectivity index (χ4v) is 10.8. The minimum absolute atomic E-state index is 0.423. The topological polar surface area (TPSA) is 64.1 Å². The van der Waals surface area contributed by atoms with Crippen LogP contribution in [0.25, 0.3) is 42.7 Å². The highest BCUT2D eigenvalue weighted by Crippen LogP contribution is 2.62. The highest BCUT2D eigenvalue weighted by Gasteiger charge is 2.50. The average Bonchev–Trinajstić information content (AvgIpc) is 3.71. The van der Waals surface area contributed by atoms with Gasteiger partial charge in [0.25, 0.3) is 0 Å². The van der Waals surface area contributed by atoms with E-state index in [0.29, 0.717) is 5.70 Å². The van der Waals surface area contributed by atoms with Crippen molar-refractivity contribution in [2.24, 2.45) is 11.5 Å². The van der Waals surface area contributed by atoms with E-state index in [1.807, 2.05) is 30.0 Å². The summed E-state index contributed by atoms with van der Waals surface area (Å²) in [6.45, 7) is 0. The zero-order valence-corrected chi connectivity index (χ0v) is 29.3. The van der Waals surface area contributed by atoms with Gasteiger partial charge in [-0.2, -0.15) is 0 Å². The Morgan fingerprint density at radius 2 is 1.18 bits per heavy atom. The third-order valence-corrected chi connectivity index (χ3v) is 12.9. The lowest BCUT2D eigenvalue weighted by molar-refractivity contribution is 0.673. The van der Waals surface area contributed by atoms with E-state index in [4.69, 9.17) is 11.5 Å². The summed E-state index contributed by atoms with van der Waals surface area (Å²) in [4.78, 5) is 2.58. The summed E-state index contributed by atoms with van der Waals surface area (Å²) in [6, 6.07) is 58.7. The molecule has 2 heterocycles. The number of thiophene rings is 1. The zero-order valence-electron chi connectivity index (χ0n) is 27.6. The monoisotopic (exact) mass is 691 g/mol. The molecule has 51 heavy (non-hydrogen) atoms. The fraction of sp³-hybridized carbons (Fsp3) is 0.0435. The van der Waals surface area contributed by atoms with E-state index in [2.05, 4.69) is 151 Å². The Balaban J connectivity index is 1.15. The molecule has 0 saturated carbocycles. The van der Waals surface area contributed by atoms with Crippen molar-refractivity contribution in [3.8, 4) is 11.1 Å². The summed E-state index contributed by atoms with van der Waals surface area (Å²) in [7, 11) is 0. The number of benzene rings is 7. The van der Waals surface area contributed by atoms with Crippen LogP contribution in [-0.2, 0) is 5.41 Å². The molecule has 2 aliphatic rings. The molecule has 1 atom stereocenters. The van der Waals surface area contributed by atoms with E-state index < -0.39 is 11.6 Å². The minimum Gasteiger partial charge on any atom is -0.397 e. The lowest BCUT2D eigenvalue weighted by atomic mass is 9.67. The summed E-state index contributed by atoms with van der Waals surface area (Å²) in [5, 5.41) is 6.16. The van der Waals surface area contributed by atoms with Crippen molar-refractivity contribution in [2.45, 2.75) is 21.4 Å². The first-order valence-corrected chi connectivity index (χ1v) is 18.9. The van der Waals surface area contributed by atoms with Gasteiger partial charge in [0.2, 0.25) is 0 Å². The molecule has 0 fully saturated rings. The van der Waals surface area contributed by atoms with Crippen LogP contribution in [0.5, 0.6) is 0 Å². The maximum atomic E-state index is 7.27. The molecule has 1 aliphatic heterocycles. The second-order valence-corrected chi connectivity index (χ2v) is 15.4. The highest BCUT2D eigenvalue weighted by molar-refractivity contribution is 7.99. The summed E-state index contributed by atoms with van der Waals surface area (Å²) in [6.07, 6.45) is -0.485. The van der Waals surface area contributed by atoms with E-state index in [-0.39, 0.29) is 0 Å². The molecule has 10 rings (SSSR count). The maximum absolute atomic E-state index is 7.27. The van der Waals surface area contributed by atoms with Crippen LogP contribution >= 0.6 is 23.1 Å². The van der Waals surface area contributed by atoms with Crippen molar-refractivity contribution in [1.29, 1.82) is 0 Å². The normalized spacial score (nSPS) is 14.8. The molecule has 1 aromatic heterocycles. The zero-order chi connectivity index (χ0) is 34.1. The number of nitrogens with one attached hydrogen (secondary N) is 1. The van der Waals surface area contributed by atoms with Gasteiger partial charge in [0.1, 0.15) is 6.17 Å². The van der Waals surface area contributed by atoms with Gasteiger partial charge >= 0.3 is 0 Å². The van der Waals surface area contributed by atoms with Gasteiger partial charge in [-0.1, -0.05) is 151 Å². The second-order valence-electron chi connectivity index (χ2n) is 13.2. The second kappa shape index (κ2) is 11.7. The number of hydrogen-bond acceptors (Lipinski definition) is 5. The number of rotatable bonds is 5. The van der Waals surface area contributed by atoms with Crippen LogP contribution in [0.1, 0.15) is 45.1 Å². The molecule has 244 valence electrons. The Labute approximate surface area is 305 Å². The maximum Gasteiger partial charge on any atom is 0.102 e. The number of fused-ring (bicyclic) bond motifs is 12. The molecule has 3 nitrogen and oxygen atoms in total. The molecule has 1 aliphatic carbocycles. The van der Waals surface area contributed by atoms with Gasteiger partial charge in [-0.05, 0) is 63.2 Å². The molecule has 7 aromatic carbocycles. The number of nitrogens with two attached hydrogens (primary N) is 2. The smallest absolute Gasteiger partial charge is 0.102 e. The SMILES string of the molecule is N/C(=C(\NC(N)c1cccc2c1sc1ccccc12)c1ccccc1)c1ccc2c(c1)-c1ccccc1C21c2ccccc2Sc2ccccc21. The Morgan fingerprint density at radius 1 is 0.549 bits per heavy atom. The summed E-state index contributed by atoms with van der Waals surface area (Å²) in [5.74, 6) is 0. The summed E-state index contributed by atoms with van der Waals surface area (Å²) < 4.78 is 2.44. The first-order chi connectivity index (χ1) is 25.1. The largest absolute Gasteiger partial charge is 0.397 e. The fourth-order valence-electron chi connectivity index (χ4n) is 8.34. The predicted octanol–water partition coefficient (Wildman–Crippen LogP) is 10.9. The minimum atomic E-state index is -0.485. The van der Waals surface area contributed by atoms with Crippen molar-refractivity contribution >= 4 is 54.7 Å². The van der Waals surface area contributed by atoms with E-state index in [1.165, 1.54) is 63.3 Å². The molecule has 0 amide bonds. The quantitative estimate of drug-likeness (QED) is 0.124. The molecular formula is C46H33N3S2. The molecular weight excluding hydrogens is 659 g/mol. The van der Waals surface area contributed by atoms with Crippen LogP contribution in [0.4, 0.5) is 0 Å². The van der Waals surface area contributed by atoms with Crippen molar-refractivity contribution < 1.29 is 0 Å². The first-order valence-electron chi connectivity index (χ1n) is 17.2. The van der Waals surface area contributed by atoms with Crippen LogP contribution in [0.2, 0.25) is 0 Å². The van der Waals surface area contributed by atoms with Crippen molar-refractivity contribution in [2.75, 3.05) is 0 Å². The van der Waals surface area contributed by atoms with E-state index in [9.17, 15) is 0 Å². The molecule has 0 bridgehead atoms. The third-order valence-electron chi connectivity index (χ3n) is 10.6. The molecule has 5 N–H and O–H groups in total. The van der Waals surface area contributed by atoms with Crippen molar-refractivity contribution in [1.82, 2.24) is 5.32 Å². The number of hydrogen-bond donors (Lipinski definition) is 3. The van der Waals surface area contributed by atoms with Crippen LogP contribution in [-0.4, -0.2) is 0 Å². The van der Waals surface area contributed by atoms with Crippen LogP contribution in [0.15, 0.2) is 174 Å². The van der Waals surface area contributed by atoms with Crippen molar-refractivity contribution in [3.63, 3.8) is 0 Å². The van der Waals surface area contributed by atoms with E-state index >= 15 is 0 Å². The van der Waals surface area contributed by atoms with Crippen LogP contribution in [0.3, 0.4) is 0 Å². The predicted molar refractivity (Wildman–Crippen MR) is 215 cm³/mol. The summed E-state index contributed by atoms with van der Waals surface area (Å²) >= 11 is 3.64. The molecule has 1 unspecified atom stereocenters. The standard InChI is InChI=1S/C46H33N3S2/c47-42(43(28-13-2-1-3-14-28)49-45(48)33-18-12-17-32-31-16-5-9-22-39(31)51-44(32)33)29-25-26-36-34(27-29)30-15-4-6-19-35(30)46(36)37-20-7-10-23-40(37)50-41-24-11-8-21-38(41)46/h1-27,45,49H,47-48H2/b43-42-. The highest BCUT2D eigenvalue weighted by atomic mass is 32.2. The van der Waals surface area contributed by atoms with Gasteiger partial charge in [-0.15, -0.1) is 11.3 Å². The Bertz CT molecular complexity index is 2640. The lowest BCUT2D eigenvalue weighted by Crippen LogP contribution is -2.32. The summed E-state index contributed by atoms with van der Waals surface area (Å²) in [5.41, 5.74) is 26.0. The van der Waals surface area contributed by atoms with E-state index in [1.54, 1.807) is 11.3 Å². The Morgan fingerprint density at radius 3 is 1.96 bits per heavy atom.